The largest absolute Gasteiger partial charge is 0.479 e. The second kappa shape index (κ2) is 8.81. The van der Waals surface area contributed by atoms with Gasteiger partial charge in [0.2, 0.25) is 0 Å². The molecule has 11 heteroatoms. The van der Waals surface area contributed by atoms with Gasteiger partial charge in [-0.2, -0.15) is 0 Å². The summed E-state index contributed by atoms with van der Waals surface area (Å²) in [6.07, 6.45) is -4.52. The van der Waals surface area contributed by atoms with Crippen LogP contribution in [0.5, 0.6) is 0 Å². The number of carboxylic acid groups (broad SMARTS) is 2. The van der Waals surface area contributed by atoms with Crippen molar-refractivity contribution in [2.24, 2.45) is 16.5 Å². The van der Waals surface area contributed by atoms with Gasteiger partial charge in [0.25, 0.3) is 0 Å². The minimum absolute atomic E-state index is 0.190. The van der Waals surface area contributed by atoms with Gasteiger partial charge in [-0.05, 0) is 17.2 Å². The third-order valence-electron chi connectivity index (χ3n) is 5.57. The molecule has 0 fully saturated rings. The fraction of sp³-hybridized carbons (Fsp3) is 0.227. The molecule has 0 amide bonds. The molecule has 0 saturated carbocycles. The summed E-state index contributed by atoms with van der Waals surface area (Å²) < 4.78 is 0. The standard InChI is InChI=1S/C22H23N5O6/c23-18(24)10-1-4-12(5-2-10)22(9-17(29)21(32)33)14(8-16(28)20(30)31)13-6-3-11(19(25)26)7-15(13)27-22/h1-7,16-17,28-29H,8-9H2,(H3,23,24)(H3,25,26)(H,30,31)(H,32,33). The van der Waals surface area contributed by atoms with Gasteiger partial charge in [-0.15, -0.1) is 0 Å². The number of aliphatic carboxylic acids is 2. The Morgan fingerprint density at radius 1 is 0.909 bits per heavy atom. The highest BCUT2D eigenvalue weighted by Crippen LogP contribution is 2.42. The Balaban J connectivity index is 2.34. The number of hydrogen-bond donors (Lipinski definition) is 8. The number of carbonyl (C=O) groups is 2. The highest BCUT2D eigenvalue weighted by molar-refractivity contribution is 5.95. The Kier molecular flexibility index (Phi) is 6.29. The Hall–Kier alpha value is -4.09. The molecule has 3 rings (SSSR count). The first kappa shape index (κ1) is 23.6. The number of nitrogen functional groups attached to an aromatic ring is 2. The Labute approximate surface area is 187 Å². The number of aliphatic hydroxyl groups is 2. The summed E-state index contributed by atoms with van der Waals surface area (Å²) in [7, 11) is 0. The molecular weight excluding hydrogens is 430 g/mol. The SMILES string of the molecule is N=C(N)c1ccc(C2(CC(O)C(=O)O)N=c3cc(C(=N)N)ccc3=C2CC(O)C(=O)O)cc1. The quantitative estimate of drug-likeness (QED) is 0.166. The first-order valence-corrected chi connectivity index (χ1v) is 9.81. The fourth-order valence-corrected chi connectivity index (χ4v) is 3.92. The van der Waals surface area contributed by atoms with Gasteiger partial charge in [-0.3, -0.25) is 15.8 Å². The van der Waals surface area contributed by atoms with Crippen LogP contribution in [0.1, 0.15) is 29.5 Å². The fourth-order valence-electron chi connectivity index (χ4n) is 3.92. The van der Waals surface area contributed by atoms with Gasteiger partial charge in [0.15, 0.2) is 12.2 Å². The molecule has 3 atom stereocenters. The van der Waals surface area contributed by atoms with Crippen molar-refractivity contribution in [3.05, 3.63) is 69.7 Å². The molecule has 11 nitrogen and oxygen atoms in total. The number of carboxylic acids is 2. The lowest BCUT2D eigenvalue weighted by atomic mass is 9.76. The number of nitrogens with zero attached hydrogens (tertiary/aromatic N) is 1. The highest BCUT2D eigenvalue weighted by atomic mass is 16.4. The molecule has 0 aromatic heterocycles. The number of amidine groups is 2. The molecule has 1 aliphatic heterocycles. The topological polar surface area (TPSA) is 227 Å². The van der Waals surface area contributed by atoms with Crippen molar-refractivity contribution in [1.29, 1.82) is 10.8 Å². The Morgan fingerprint density at radius 2 is 1.45 bits per heavy atom. The summed E-state index contributed by atoms with van der Waals surface area (Å²) in [5, 5.41) is 55.1. The van der Waals surface area contributed by atoms with Crippen molar-refractivity contribution in [2.75, 3.05) is 0 Å². The Bertz CT molecular complexity index is 1270. The number of aliphatic hydroxyl groups excluding tert-OH is 2. The number of fused-ring (bicyclic) bond motifs is 1. The predicted octanol–water partition coefficient (Wildman–Crippen LogP) is -1.39. The van der Waals surface area contributed by atoms with Gasteiger partial charge in [-0.25, -0.2) is 9.59 Å². The van der Waals surface area contributed by atoms with Crippen molar-refractivity contribution in [3.8, 4) is 0 Å². The molecule has 3 unspecified atom stereocenters. The van der Waals surface area contributed by atoms with Gasteiger partial charge >= 0.3 is 11.9 Å². The van der Waals surface area contributed by atoms with E-state index in [1.165, 1.54) is 24.3 Å². The van der Waals surface area contributed by atoms with Crippen LogP contribution in [0.2, 0.25) is 0 Å². The molecule has 2 aromatic carbocycles. The van der Waals surface area contributed by atoms with E-state index in [4.69, 9.17) is 22.3 Å². The highest BCUT2D eigenvalue weighted by Gasteiger charge is 2.43. The predicted molar refractivity (Wildman–Crippen MR) is 117 cm³/mol. The van der Waals surface area contributed by atoms with Crippen molar-refractivity contribution in [3.63, 3.8) is 0 Å². The lowest BCUT2D eigenvalue weighted by Gasteiger charge is -2.32. The number of hydrogen-bond acceptors (Lipinski definition) is 7. The first-order chi connectivity index (χ1) is 15.5. The average Bonchev–Trinajstić information content (AvgIpc) is 3.06. The van der Waals surface area contributed by atoms with E-state index in [1.54, 1.807) is 18.2 Å². The van der Waals surface area contributed by atoms with Gasteiger partial charge in [-0.1, -0.05) is 36.4 Å². The monoisotopic (exact) mass is 453 g/mol. The van der Waals surface area contributed by atoms with Crippen LogP contribution < -0.4 is 22.0 Å². The summed E-state index contributed by atoms with van der Waals surface area (Å²) in [6, 6.07) is 10.8. The van der Waals surface area contributed by atoms with E-state index in [0.717, 1.165) is 0 Å². The number of nitrogens with two attached hydrogens (primary N) is 2. The third kappa shape index (κ3) is 4.45. The summed E-state index contributed by atoms with van der Waals surface area (Å²) in [5.74, 6) is -3.39. The van der Waals surface area contributed by atoms with Crippen molar-refractivity contribution < 1.29 is 30.0 Å². The molecule has 172 valence electrons. The minimum atomic E-state index is -1.86. The van der Waals surface area contributed by atoms with E-state index in [-0.39, 0.29) is 11.7 Å². The van der Waals surface area contributed by atoms with E-state index < -0.39 is 42.5 Å². The molecule has 0 bridgehead atoms. The number of nitrogens with one attached hydrogen (secondary N) is 2. The van der Waals surface area contributed by atoms with Crippen LogP contribution >= 0.6 is 0 Å². The number of rotatable bonds is 9. The van der Waals surface area contributed by atoms with E-state index in [2.05, 4.69) is 4.99 Å². The maximum atomic E-state index is 11.5. The van der Waals surface area contributed by atoms with Crippen molar-refractivity contribution in [1.82, 2.24) is 0 Å². The molecular formula is C22H23N5O6. The lowest BCUT2D eigenvalue weighted by Crippen LogP contribution is -2.36. The minimum Gasteiger partial charge on any atom is -0.479 e. The molecule has 2 aromatic rings. The van der Waals surface area contributed by atoms with Gasteiger partial charge in [0.1, 0.15) is 17.2 Å². The van der Waals surface area contributed by atoms with Crippen LogP contribution in [0, 0.1) is 10.8 Å². The van der Waals surface area contributed by atoms with Crippen LogP contribution in [0.3, 0.4) is 0 Å². The third-order valence-corrected chi connectivity index (χ3v) is 5.57. The second-order valence-corrected chi connectivity index (χ2v) is 7.70. The Morgan fingerprint density at radius 3 is 1.97 bits per heavy atom. The van der Waals surface area contributed by atoms with E-state index in [9.17, 15) is 30.0 Å². The molecule has 0 saturated heterocycles. The molecule has 33 heavy (non-hydrogen) atoms. The van der Waals surface area contributed by atoms with Crippen LogP contribution in [-0.4, -0.2) is 56.2 Å². The van der Waals surface area contributed by atoms with E-state index in [1.807, 2.05) is 0 Å². The van der Waals surface area contributed by atoms with Crippen molar-refractivity contribution in [2.45, 2.75) is 30.6 Å². The van der Waals surface area contributed by atoms with Gasteiger partial charge in [0.05, 0.1) is 5.36 Å². The van der Waals surface area contributed by atoms with E-state index >= 15 is 0 Å². The van der Waals surface area contributed by atoms with Crippen molar-refractivity contribution >= 4 is 29.2 Å². The van der Waals surface area contributed by atoms with Crippen LogP contribution in [0.25, 0.3) is 5.57 Å². The average molecular weight is 453 g/mol. The van der Waals surface area contributed by atoms with Crippen LogP contribution in [0.4, 0.5) is 0 Å². The van der Waals surface area contributed by atoms with Crippen LogP contribution in [-0.2, 0) is 15.1 Å². The maximum absolute atomic E-state index is 11.5. The summed E-state index contributed by atoms with van der Waals surface area (Å²) >= 11 is 0. The smallest absolute Gasteiger partial charge is 0.332 e. The second-order valence-electron chi connectivity index (χ2n) is 7.70. The maximum Gasteiger partial charge on any atom is 0.332 e. The molecule has 1 aliphatic rings. The zero-order valence-corrected chi connectivity index (χ0v) is 17.3. The molecule has 0 aliphatic carbocycles. The van der Waals surface area contributed by atoms with E-state index in [0.29, 0.717) is 32.8 Å². The summed E-state index contributed by atoms with van der Waals surface area (Å²) in [5.41, 5.74) is 11.0. The molecule has 0 spiro atoms. The first-order valence-electron chi connectivity index (χ1n) is 9.81. The van der Waals surface area contributed by atoms with Gasteiger partial charge < -0.3 is 31.9 Å². The van der Waals surface area contributed by atoms with Gasteiger partial charge in [0, 0.05) is 29.2 Å². The molecule has 1 heterocycles. The summed E-state index contributed by atoms with van der Waals surface area (Å²) in [6.45, 7) is 0. The zero-order chi connectivity index (χ0) is 24.5. The van der Waals surface area contributed by atoms with Crippen LogP contribution in [0.15, 0.2) is 47.5 Å². The summed E-state index contributed by atoms with van der Waals surface area (Å²) in [4.78, 5) is 27.6. The molecule has 10 N–H and O–H groups in total. The number of benzene rings is 2. The zero-order valence-electron chi connectivity index (χ0n) is 17.3. The molecule has 0 radical (unpaired) electrons. The normalized spacial score (nSPS) is 18.7. The lowest BCUT2D eigenvalue weighted by molar-refractivity contribution is -0.148.